The summed E-state index contributed by atoms with van der Waals surface area (Å²) in [4.78, 5) is 0. The third-order valence-corrected chi connectivity index (χ3v) is 4.34. The van der Waals surface area contributed by atoms with Crippen LogP contribution in [0, 0.1) is 0 Å². The van der Waals surface area contributed by atoms with Crippen molar-refractivity contribution in [1.82, 2.24) is 5.32 Å². The number of nitrogens with one attached hydrogen (secondary N) is 1. The summed E-state index contributed by atoms with van der Waals surface area (Å²) >= 11 is 8.09. The number of halogens is 1. The molecule has 1 unspecified atom stereocenters. The van der Waals surface area contributed by atoms with Gasteiger partial charge in [-0.2, -0.15) is 11.8 Å². The largest absolute Gasteiger partial charge is 0.496 e. The molecule has 0 aliphatic heterocycles. The summed E-state index contributed by atoms with van der Waals surface area (Å²) in [5, 5.41) is 4.35. The summed E-state index contributed by atoms with van der Waals surface area (Å²) < 4.78 is 5.46. The van der Waals surface area contributed by atoms with E-state index in [1.807, 2.05) is 30.0 Å². The van der Waals surface area contributed by atoms with Gasteiger partial charge in [0.15, 0.2) is 0 Å². The van der Waals surface area contributed by atoms with E-state index in [0.29, 0.717) is 6.04 Å². The molecule has 0 spiro atoms. The van der Waals surface area contributed by atoms with Crippen LogP contribution < -0.4 is 10.1 Å². The average molecular weight is 302 g/mol. The highest BCUT2D eigenvalue weighted by atomic mass is 35.5. The van der Waals surface area contributed by atoms with E-state index in [4.69, 9.17) is 16.3 Å². The first kappa shape index (κ1) is 16.7. The Morgan fingerprint density at radius 1 is 1.32 bits per heavy atom. The lowest BCUT2D eigenvalue weighted by Crippen LogP contribution is -2.24. The summed E-state index contributed by atoms with van der Waals surface area (Å²) in [6.45, 7) is 5.40. The van der Waals surface area contributed by atoms with Gasteiger partial charge in [-0.1, -0.05) is 25.4 Å². The van der Waals surface area contributed by atoms with Crippen LogP contribution in [-0.4, -0.2) is 25.2 Å². The first-order chi connectivity index (χ1) is 9.22. The van der Waals surface area contributed by atoms with Gasteiger partial charge in [0.05, 0.1) is 7.11 Å². The van der Waals surface area contributed by atoms with Gasteiger partial charge in [0, 0.05) is 22.4 Å². The molecule has 0 aliphatic carbocycles. The lowest BCUT2D eigenvalue weighted by Gasteiger charge is -2.21. The van der Waals surface area contributed by atoms with E-state index >= 15 is 0 Å². The summed E-state index contributed by atoms with van der Waals surface area (Å²) in [5.74, 6) is 3.15. The van der Waals surface area contributed by atoms with Crippen molar-refractivity contribution in [3.8, 4) is 5.75 Å². The molecule has 0 bridgehead atoms. The minimum atomic E-state index is 0.296. The van der Waals surface area contributed by atoms with Crippen molar-refractivity contribution in [3.05, 3.63) is 28.8 Å². The molecule has 1 aromatic rings. The molecule has 0 radical (unpaired) electrons. The highest BCUT2D eigenvalue weighted by Gasteiger charge is 2.16. The van der Waals surface area contributed by atoms with E-state index in [1.165, 1.54) is 12.2 Å². The zero-order valence-electron chi connectivity index (χ0n) is 12.0. The third-order valence-electron chi connectivity index (χ3n) is 2.84. The summed E-state index contributed by atoms with van der Waals surface area (Å²) in [6, 6.07) is 6.13. The number of hydrogen-bond acceptors (Lipinski definition) is 3. The number of methoxy groups -OCH3 is 1. The van der Waals surface area contributed by atoms with Gasteiger partial charge in [-0.05, 0) is 43.3 Å². The summed E-state index contributed by atoms with van der Waals surface area (Å²) in [5.41, 5.74) is 1.16. The molecule has 1 rings (SSSR count). The van der Waals surface area contributed by atoms with E-state index in [2.05, 4.69) is 19.2 Å². The second kappa shape index (κ2) is 9.51. The molecule has 0 aliphatic rings. The van der Waals surface area contributed by atoms with E-state index in [1.54, 1.807) is 7.11 Å². The zero-order valence-corrected chi connectivity index (χ0v) is 13.6. The fraction of sp³-hybridized carbons (Fsp3) is 0.600. The van der Waals surface area contributed by atoms with Gasteiger partial charge in [0.25, 0.3) is 0 Å². The molecule has 1 N–H and O–H groups in total. The molecule has 0 fully saturated rings. The van der Waals surface area contributed by atoms with Crippen molar-refractivity contribution < 1.29 is 4.74 Å². The maximum atomic E-state index is 6.12. The minimum Gasteiger partial charge on any atom is -0.496 e. The van der Waals surface area contributed by atoms with Crippen LogP contribution in [0.1, 0.15) is 38.3 Å². The van der Waals surface area contributed by atoms with Crippen LogP contribution in [0.5, 0.6) is 5.75 Å². The van der Waals surface area contributed by atoms with Crippen molar-refractivity contribution in [1.29, 1.82) is 0 Å². The van der Waals surface area contributed by atoms with Crippen molar-refractivity contribution in [2.45, 2.75) is 32.7 Å². The molecule has 2 nitrogen and oxygen atoms in total. The van der Waals surface area contributed by atoms with Crippen LogP contribution in [0.15, 0.2) is 18.2 Å². The van der Waals surface area contributed by atoms with Crippen molar-refractivity contribution in [2.24, 2.45) is 0 Å². The normalized spacial score (nSPS) is 12.4. The Balaban J connectivity index is 2.84. The Kier molecular flexibility index (Phi) is 8.35. The van der Waals surface area contributed by atoms with Gasteiger partial charge in [-0.3, -0.25) is 0 Å². The van der Waals surface area contributed by atoms with Gasteiger partial charge >= 0.3 is 0 Å². The predicted octanol–water partition coefficient (Wildman–Crippen LogP) is 4.53. The van der Waals surface area contributed by atoms with E-state index < -0.39 is 0 Å². The van der Waals surface area contributed by atoms with E-state index in [0.717, 1.165) is 35.1 Å². The molecule has 0 amide bonds. The van der Waals surface area contributed by atoms with Gasteiger partial charge in [0.2, 0.25) is 0 Å². The van der Waals surface area contributed by atoms with Crippen LogP contribution in [0.3, 0.4) is 0 Å². The first-order valence-corrected chi connectivity index (χ1v) is 8.40. The molecule has 0 aromatic heterocycles. The second-order valence-electron chi connectivity index (χ2n) is 4.47. The highest BCUT2D eigenvalue weighted by molar-refractivity contribution is 7.99. The van der Waals surface area contributed by atoms with Crippen molar-refractivity contribution in [2.75, 3.05) is 25.2 Å². The van der Waals surface area contributed by atoms with Gasteiger partial charge < -0.3 is 10.1 Å². The molecule has 4 heteroatoms. The van der Waals surface area contributed by atoms with Crippen molar-refractivity contribution >= 4 is 23.4 Å². The van der Waals surface area contributed by atoms with Gasteiger partial charge in [0.1, 0.15) is 5.75 Å². The van der Waals surface area contributed by atoms with Crippen LogP contribution in [0.4, 0.5) is 0 Å². The molecule has 0 saturated carbocycles. The van der Waals surface area contributed by atoms with Gasteiger partial charge in [-0.25, -0.2) is 0 Å². The number of ether oxygens (including phenoxy) is 1. The Bertz CT molecular complexity index is 373. The maximum absolute atomic E-state index is 6.12. The van der Waals surface area contributed by atoms with E-state index in [-0.39, 0.29) is 0 Å². The number of thioether (sulfide) groups is 1. The number of rotatable bonds is 9. The molecule has 0 heterocycles. The Hall–Kier alpha value is -0.380. The molecule has 0 saturated heterocycles. The summed E-state index contributed by atoms with van der Waals surface area (Å²) in [7, 11) is 1.71. The molecule has 1 atom stereocenters. The fourth-order valence-electron chi connectivity index (χ4n) is 1.90. The summed E-state index contributed by atoms with van der Waals surface area (Å²) in [6.07, 6.45) is 2.33. The first-order valence-electron chi connectivity index (χ1n) is 6.87. The van der Waals surface area contributed by atoms with Gasteiger partial charge in [-0.15, -0.1) is 0 Å². The Morgan fingerprint density at radius 2 is 2.11 bits per heavy atom. The SMILES string of the molecule is CCCNC(CSCCC)c1cc(Cl)ccc1OC. The molecule has 108 valence electrons. The minimum absolute atomic E-state index is 0.296. The Labute approximate surface area is 126 Å². The maximum Gasteiger partial charge on any atom is 0.123 e. The molecule has 1 aromatic carbocycles. The zero-order chi connectivity index (χ0) is 14.1. The molecular weight excluding hydrogens is 278 g/mol. The monoisotopic (exact) mass is 301 g/mol. The van der Waals surface area contributed by atoms with Crippen LogP contribution in [0.2, 0.25) is 5.02 Å². The fourth-order valence-corrected chi connectivity index (χ4v) is 3.07. The second-order valence-corrected chi connectivity index (χ2v) is 6.05. The number of hydrogen-bond donors (Lipinski definition) is 1. The predicted molar refractivity (Wildman–Crippen MR) is 86.7 cm³/mol. The third kappa shape index (κ3) is 5.64. The van der Waals surface area contributed by atoms with Crippen molar-refractivity contribution in [3.63, 3.8) is 0 Å². The topological polar surface area (TPSA) is 21.3 Å². The lowest BCUT2D eigenvalue weighted by molar-refractivity contribution is 0.402. The Morgan fingerprint density at radius 3 is 2.74 bits per heavy atom. The standard InChI is InChI=1S/C15H24ClNOS/c1-4-8-17-14(11-19-9-5-2)13-10-12(16)6-7-15(13)18-3/h6-7,10,14,17H,4-5,8-9,11H2,1-3H3. The van der Waals surface area contributed by atoms with E-state index in [9.17, 15) is 0 Å². The lowest BCUT2D eigenvalue weighted by atomic mass is 10.1. The quantitative estimate of drug-likeness (QED) is 0.677. The van der Waals surface area contributed by atoms with Crippen LogP contribution in [0.25, 0.3) is 0 Å². The average Bonchev–Trinajstić information content (AvgIpc) is 2.42. The van der Waals surface area contributed by atoms with Crippen LogP contribution >= 0.6 is 23.4 Å². The highest BCUT2D eigenvalue weighted by Crippen LogP contribution is 2.30. The molecular formula is C15H24ClNOS. The smallest absolute Gasteiger partial charge is 0.123 e. The van der Waals surface area contributed by atoms with Crippen LogP contribution in [-0.2, 0) is 0 Å². The number of benzene rings is 1. The molecule has 19 heavy (non-hydrogen) atoms.